The van der Waals surface area contributed by atoms with E-state index in [0.717, 1.165) is 64.2 Å². The monoisotopic (exact) mass is 1010 g/mol. The third kappa shape index (κ3) is 37.5. The Morgan fingerprint density at radius 3 is 1.37 bits per heavy atom. The van der Waals surface area contributed by atoms with Gasteiger partial charge < -0.3 is 45.1 Å². The quantitative estimate of drug-likeness (QED) is 0.0195. The lowest BCUT2D eigenvalue weighted by atomic mass is 9.99. The first kappa shape index (κ1) is 67.2. The Balaban J connectivity index is 2.71. The van der Waals surface area contributed by atoms with E-state index in [-0.39, 0.29) is 13.0 Å². The minimum atomic E-state index is -1.61. The van der Waals surface area contributed by atoms with Crippen LogP contribution < -0.4 is 5.32 Å². The molecule has 0 aromatic carbocycles. The number of allylic oxidation sites excluding steroid dienone is 3. The van der Waals surface area contributed by atoms with E-state index in [9.17, 15) is 35.1 Å². The highest BCUT2D eigenvalue weighted by molar-refractivity contribution is 5.80. The molecular weight excluding hydrogens is 895 g/mol. The number of ether oxygens (including phenoxy) is 3. The SMILES string of the molecule is CCCCCCCCC/C=C\CCCCCC(=O)OC1C(OCC(NC(=O)C(O)CCCCCCCCCCCCCCCCCC)C(O)/C=C/CCCCCCCCCCCC)OC(CO)C(O)C1O. The highest BCUT2D eigenvalue weighted by atomic mass is 16.7. The molecule has 8 unspecified atom stereocenters. The number of aliphatic hydroxyl groups excluding tert-OH is 5. The zero-order valence-corrected chi connectivity index (χ0v) is 46.1. The normalized spacial score (nSPS) is 19.7. The van der Waals surface area contributed by atoms with Crippen LogP contribution >= 0.6 is 0 Å². The predicted molar refractivity (Wildman–Crippen MR) is 292 cm³/mol. The average Bonchev–Trinajstić information content (AvgIpc) is 3.37. The standard InChI is InChI=1S/C60H113NO10/c1-4-7-10-13-16-19-22-25-27-28-29-32-35-38-41-44-47-53(64)59(68)61-51(52(63)46-43-40-37-34-31-24-21-18-15-12-9-6-3)50-69-60-58(57(67)56(66)54(49-62)70-60)71-55(65)48-45-42-39-36-33-30-26-23-20-17-14-11-8-5-2/h30,33,43,46,51-54,56-58,60,62-64,66-67H,4-29,31-32,34-42,44-45,47-50H2,1-3H3,(H,61,68)/b33-30-,46-43+. The summed E-state index contributed by atoms with van der Waals surface area (Å²) in [6.07, 6.45) is 45.0. The van der Waals surface area contributed by atoms with Gasteiger partial charge in [-0.05, 0) is 51.4 Å². The molecule has 0 radical (unpaired) electrons. The molecule has 71 heavy (non-hydrogen) atoms. The lowest BCUT2D eigenvalue weighted by molar-refractivity contribution is -0.305. The Hall–Kier alpha value is -1.86. The van der Waals surface area contributed by atoms with Crippen molar-refractivity contribution < 1.29 is 49.3 Å². The third-order valence-electron chi connectivity index (χ3n) is 14.4. The van der Waals surface area contributed by atoms with Crippen LogP contribution in [0.2, 0.25) is 0 Å². The zero-order chi connectivity index (χ0) is 51.8. The third-order valence-corrected chi connectivity index (χ3v) is 14.4. The van der Waals surface area contributed by atoms with Crippen LogP contribution in [-0.4, -0.2) is 99.6 Å². The van der Waals surface area contributed by atoms with Crippen LogP contribution in [0.5, 0.6) is 0 Å². The maximum atomic E-state index is 13.4. The summed E-state index contributed by atoms with van der Waals surface area (Å²) in [5.74, 6) is -1.20. The van der Waals surface area contributed by atoms with Crippen molar-refractivity contribution >= 4 is 11.9 Å². The molecule has 1 aliphatic heterocycles. The van der Waals surface area contributed by atoms with E-state index < -0.39 is 67.4 Å². The molecule has 1 fully saturated rings. The number of esters is 1. The van der Waals surface area contributed by atoms with Gasteiger partial charge in [0, 0.05) is 6.42 Å². The number of carbonyl (C=O) groups is 2. The van der Waals surface area contributed by atoms with Gasteiger partial charge in [-0.3, -0.25) is 9.59 Å². The summed E-state index contributed by atoms with van der Waals surface area (Å²) in [5.41, 5.74) is 0. The van der Waals surface area contributed by atoms with Crippen LogP contribution in [0.25, 0.3) is 0 Å². The Morgan fingerprint density at radius 1 is 0.535 bits per heavy atom. The van der Waals surface area contributed by atoms with Crippen molar-refractivity contribution in [3.63, 3.8) is 0 Å². The summed E-state index contributed by atoms with van der Waals surface area (Å²) < 4.78 is 17.6. The lowest BCUT2D eigenvalue weighted by Gasteiger charge is -2.41. The number of hydrogen-bond acceptors (Lipinski definition) is 10. The van der Waals surface area contributed by atoms with Gasteiger partial charge in [0.1, 0.15) is 24.4 Å². The van der Waals surface area contributed by atoms with Gasteiger partial charge in [-0.15, -0.1) is 0 Å². The van der Waals surface area contributed by atoms with Crippen molar-refractivity contribution in [2.45, 2.75) is 333 Å². The predicted octanol–water partition coefficient (Wildman–Crippen LogP) is 13.7. The van der Waals surface area contributed by atoms with E-state index >= 15 is 0 Å². The van der Waals surface area contributed by atoms with Crippen molar-refractivity contribution in [2.24, 2.45) is 0 Å². The van der Waals surface area contributed by atoms with Gasteiger partial charge in [-0.25, -0.2) is 0 Å². The van der Waals surface area contributed by atoms with Crippen LogP contribution in [0.15, 0.2) is 24.3 Å². The van der Waals surface area contributed by atoms with Crippen molar-refractivity contribution in [3.8, 4) is 0 Å². The molecule has 11 heteroatoms. The van der Waals surface area contributed by atoms with E-state index in [2.05, 4.69) is 38.2 Å². The summed E-state index contributed by atoms with van der Waals surface area (Å²) in [5, 5.41) is 56.9. The van der Waals surface area contributed by atoms with Crippen LogP contribution in [-0.2, 0) is 23.8 Å². The van der Waals surface area contributed by atoms with Crippen molar-refractivity contribution in [2.75, 3.05) is 13.2 Å². The molecule has 0 aromatic rings. The fourth-order valence-corrected chi connectivity index (χ4v) is 9.53. The van der Waals surface area contributed by atoms with Crippen LogP contribution in [0.1, 0.15) is 284 Å². The molecule has 0 aromatic heterocycles. The Morgan fingerprint density at radius 2 is 0.930 bits per heavy atom. The number of hydrogen-bond donors (Lipinski definition) is 6. The molecule has 0 aliphatic carbocycles. The van der Waals surface area contributed by atoms with E-state index in [4.69, 9.17) is 14.2 Å². The molecule has 6 N–H and O–H groups in total. The molecule has 11 nitrogen and oxygen atoms in total. The van der Waals surface area contributed by atoms with Gasteiger partial charge in [0.15, 0.2) is 12.4 Å². The molecule has 8 atom stereocenters. The first-order valence-electron chi connectivity index (χ1n) is 30.1. The Kier molecular flexibility index (Phi) is 46.4. The molecule has 1 heterocycles. The number of aliphatic hydroxyl groups is 5. The zero-order valence-electron chi connectivity index (χ0n) is 46.1. The smallest absolute Gasteiger partial charge is 0.306 e. The summed E-state index contributed by atoms with van der Waals surface area (Å²) in [6, 6.07) is -1.02. The average molecular weight is 1010 g/mol. The van der Waals surface area contributed by atoms with Crippen LogP contribution in [0.4, 0.5) is 0 Å². The fraction of sp³-hybridized carbons (Fsp3) is 0.900. The number of carbonyl (C=O) groups excluding carboxylic acids is 2. The van der Waals surface area contributed by atoms with Gasteiger partial charge in [-0.1, -0.05) is 251 Å². The summed E-state index contributed by atoms with van der Waals surface area (Å²) >= 11 is 0. The second-order valence-electron chi connectivity index (χ2n) is 21.1. The Bertz CT molecular complexity index is 1250. The largest absolute Gasteiger partial charge is 0.454 e. The molecule has 1 amide bonds. The summed E-state index contributed by atoms with van der Waals surface area (Å²) in [4.78, 5) is 26.5. The topological polar surface area (TPSA) is 175 Å². The molecule has 0 bridgehead atoms. The second-order valence-corrected chi connectivity index (χ2v) is 21.1. The molecule has 1 rings (SSSR count). The van der Waals surface area contributed by atoms with Gasteiger partial charge in [0.05, 0.1) is 25.4 Å². The maximum absolute atomic E-state index is 13.4. The van der Waals surface area contributed by atoms with Gasteiger partial charge >= 0.3 is 5.97 Å². The van der Waals surface area contributed by atoms with E-state index in [0.29, 0.717) is 19.3 Å². The van der Waals surface area contributed by atoms with E-state index in [1.54, 1.807) is 6.08 Å². The number of unbranched alkanes of at least 4 members (excludes halogenated alkanes) is 35. The van der Waals surface area contributed by atoms with Gasteiger partial charge in [0.25, 0.3) is 0 Å². The van der Waals surface area contributed by atoms with E-state index in [1.807, 2.05) is 6.08 Å². The van der Waals surface area contributed by atoms with Crippen molar-refractivity contribution in [1.29, 1.82) is 0 Å². The molecular formula is C60H113NO10. The molecule has 0 spiro atoms. The molecule has 1 aliphatic rings. The lowest BCUT2D eigenvalue weighted by Crippen LogP contribution is -2.61. The second kappa shape index (κ2) is 49.0. The first-order chi connectivity index (χ1) is 34.7. The van der Waals surface area contributed by atoms with Gasteiger partial charge in [0.2, 0.25) is 5.91 Å². The molecule has 1 saturated heterocycles. The Labute approximate surface area is 435 Å². The fourth-order valence-electron chi connectivity index (χ4n) is 9.53. The number of rotatable bonds is 51. The van der Waals surface area contributed by atoms with Crippen LogP contribution in [0.3, 0.4) is 0 Å². The van der Waals surface area contributed by atoms with Crippen molar-refractivity contribution in [1.82, 2.24) is 5.32 Å². The summed E-state index contributed by atoms with van der Waals surface area (Å²) in [7, 11) is 0. The van der Waals surface area contributed by atoms with E-state index in [1.165, 1.54) is 173 Å². The highest BCUT2D eigenvalue weighted by Gasteiger charge is 2.47. The maximum Gasteiger partial charge on any atom is 0.306 e. The minimum absolute atomic E-state index is 0.107. The first-order valence-corrected chi connectivity index (χ1v) is 30.1. The van der Waals surface area contributed by atoms with Gasteiger partial charge in [-0.2, -0.15) is 0 Å². The summed E-state index contributed by atoms with van der Waals surface area (Å²) in [6.45, 7) is 5.79. The number of nitrogens with one attached hydrogen (secondary N) is 1. The molecule has 0 saturated carbocycles. The minimum Gasteiger partial charge on any atom is -0.454 e. The molecule has 418 valence electrons. The van der Waals surface area contributed by atoms with Crippen molar-refractivity contribution in [3.05, 3.63) is 24.3 Å². The van der Waals surface area contributed by atoms with Crippen LogP contribution in [0, 0.1) is 0 Å². The number of amides is 1. The highest BCUT2D eigenvalue weighted by Crippen LogP contribution is 2.26.